The van der Waals surface area contributed by atoms with Gasteiger partial charge in [-0.25, -0.2) is 35.3 Å². The van der Waals surface area contributed by atoms with Crippen molar-refractivity contribution in [1.82, 2.24) is 70.2 Å². The van der Waals surface area contributed by atoms with Gasteiger partial charge in [0.15, 0.2) is 0 Å². The number of hydrazine groups is 1. The van der Waals surface area contributed by atoms with Crippen LogP contribution in [0.3, 0.4) is 0 Å². The first-order chi connectivity index (χ1) is 54.4. The highest BCUT2D eigenvalue weighted by atomic mass is 16.2. The molecule has 9 heterocycles. The molecule has 0 unspecified atom stereocenters. The number of rotatable bonds is 10. The number of hydrogen-bond acceptors (Lipinski definition) is 14. The van der Waals surface area contributed by atoms with Gasteiger partial charge in [-0.15, -0.1) is 0 Å². The molecule has 4 aromatic carbocycles. The predicted octanol–water partition coefficient (Wildman–Crippen LogP) is 24.9. The highest BCUT2D eigenvalue weighted by Gasteiger charge is 2.22. The van der Waals surface area contributed by atoms with Crippen molar-refractivity contribution < 1.29 is 4.79 Å². The Labute approximate surface area is 686 Å². The highest BCUT2D eigenvalue weighted by Crippen LogP contribution is 2.27. The first-order valence-electron chi connectivity index (χ1n) is 40.8. The van der Waals surface area contributed by atoms with Gasteiger partial charge in [-0.2, -0.15) is 0 Å². The Morgan fingerprint density at radius 2 is 0.868 bits per heavy atom. The van der Waals surface area contributed by atoms with Gasteiger partial charge in [0.2, 0.25) is 0 Å². The second-order valence-electron chi connectivity index (χ2n) is 32.3. The maximum atomic E-state index is 11.8. The topological polar surface area (TPSA) is 187 Å². The summed E-state index contributed by atoms with van der Waals surface area (Å²) in [6, 6.07) is 54.1. The Hall–Kier alpha value is -10.5. The molecule has 0 atom stereocenters. The average Bonchev–Trinajstić information content (AvgIpc) is 0.813. The van der Waals surface area contributed by atoms with Crippen LogP contribution in [0, 0.1) is 0 Å². The number of aromatic nitrogens is 12. The SMILES string of the molecule is CC(C)(C)c1ccccc1.CC(C)c1ccc2c(c1)CCCC2.CC(C)c1ccc2c(c1)CNN(C)C2=O.CC(C)c1ccc2ccccc2n1.CC(C)c1ccccn1.CC(C)c1cccnc1.CC(C)c1ccncc1.CC(C)c1ccncn1.CC(C)c1cnccn1.CC(C)c1cncnc1.CC(C)c1ncccn1. The predicted molar refractivity (Wildman–Crippen MR) is 477 cm³/mol. The van der Waals surface area contributed by atoms with Crippen LogP contribution in [-0.4, -0.2) is 77.8 Å². The molecule has 14 rings (SSSR count). The summed E-state index contributed by atoms with van der Waals surface area (Å²) in [6.07, 6.45) is 31.9. The van der Waals surface area contributed by atoms with E-state index in [0.717, 1.165) is 46.1 Å². The Bertz CT molecular complexity index is 4040. The fourth-order valence-electron chi connectivity index (χ4n) is 10.9. The smallest absolute Gasteiger partial charge is 0.268 e. The summed E-state index contributed by atoms with van der Waals surface area (Å²) in [5.74, 6) is 6.37. The second-order valence-corrected chi connectivity index (χ2v) is 32.3. The molecule has 15 nitrogen and oxygen atoms in total. The third-order valence-corrected chi connectivity index (χ3v) is 18.5. The summed E-state index contributed by atoms with van der Waals surface area (Å²) in [4.78, 5) is 60.3. The summed E-state index contributed by atoms with van der Waals surface area (Å²) in [5.41, 5.74) is 22.1. The summed E-state index contributed by atoms with van der Waals surface area (Å²) in [5, 5.41) is 2.75. The van der Waals surface area contributed by atoms with Crippen molar-refractivity contribution in [2.24, 2.45) is 0 Å². The van der Waals surface area contributed by atoms with E-state index in [-0.39, 0.29) is 5.91 Å². The zero-order valence-electron chi connectivity index (χ0n) is 73.2. The monoisotopic (exact) mass is 1540 g/mol. The fraction of sp³-hybridized carbons (Fsp3) is 0.404. The molecule has 0 spiro atoms. The molecule has 1 aliphatic carbocycles. The summed E-state index contributed by atoms with van der Waals surface area (Å²) in [7, 11) is 1.75. The number of nitrogens with one attached hydrogen (secondary N) is 1. The van der Waals surface area contributed by atoms with Crippen LogP contribution in [0.4, 0.5) is 0 Å². The Morgan fingerprint density at radius 1 is 0.342 bits per heavy atom. The number of fused-ring (bicyclic) bond motifs is 3. The number of carbonyl (C=O) groups is 1. The molecule has 1 amide bonds. The van der Waals surface area contributed by atoms with E-state index in [1.165, 1.54) is 75.2 Å². The Kier molecular flexibility index (Phi) is 44.3. The molecule has 606 valence electrons. The Balaban J connectivity index is 0.000000266. The van der Waals surface area contributed by atoms with E-state index in [0.29, 0.717) is 64.6 Å². The summed E-state index contributed by atoms with van der Waals surface area (Å²) < 4.78 is 0. The van der Waals surface area contributed by atoms with Crippen molar-refractivity contribution in [3.05, 3.63) is 335 Å². The van der Waals surface area contributed by atoms with Gasteiger partial charge in [0.05, 0.1) is 11.2 Å². The number of amides is 1. The first-order valence-corrected chi connectivity index (χ1v) is 40.8. The lowest BCUT2D eigenvalue weighted by Gasteiger charge is -2.26. The summed E-state index contributed by atoms with van der Waals surface area (Å²) >= 11 is 0. The fourth-order valence-corrected chi connectivity index (χ4v) is 10.9. The number of carbonyl (C=O) groups excluding carboxylic acids is 1. The van der Waals surface area contributed by atoms with Gasteiger partial charge in [0.25, 0.3) is 5.91 Å². The van der Waals surface area contributed by atoms with Crippen LogP contribution < -0.4 is 5.43 Å². The quantitative estimate of drug-likeness (QED) is 0.136. The van der Waals surface area contributed by atoms with Gasteiger partial charge in [0.1, 0.15) is 18.5 Å². The first kappa shape index (κ1) is 95.9. The molecule has 1 aliphatic heterocycles. The molecule has 114 heavy (non-hydrogen) atoms. The molecular formula is C99H134N14O. The van der Waals surface area contributed by atoms with Crippen LogP contribution >= 0.6 is 0 Å². The standard InChI is InChI=1S/C13H18.C12H16N2O.C12H13N.C10H14.3C8H11N.4C7H10N2/c1-10(2)12-8-7-11-5-3-4-6-13(11)9-12;1-8(2)9-4-5-11-10(6-9)7-13-14(3)12(11)15;1-9(2)11-8-7-10-5-3-4-6-12(10)13-11;1-10(2,3)9-7-5-4-6-8-9;1-7(2)8-3-5-9-6-4-8;1-7(2)8-4-3-5-9-6-8;1-7(2)8-5-3-4-6-9-8;1-6(2)7-3-8-5-9-4-7;1-6(2)7-5-8-3-4-9-7;1-6(2)7-3-4-8-5-9-7;1-6(2)7-8-4-3-5-9-7/h7-10H,3-6H2,1-2H3;4-6,8,13H,7H2,1-3H3;3-9H,1-2H3;4-8H,1-3H3;3*3-7H,1-2H3;4*3-6H,1-2H3. The van der Waals surface area contributed by atoms with Crippen molar-refractivity contribution in [2.45, 2.75) is 256 Å². The maximum absolute atomic E-state index is 11.8. The number of nitrogens with zero attached hydrogens (tertiary/aromatic N) is 13. The van der Waals surface area contributed by atoms with E-state index in [9.17, 15) is 4.79 Å². The lowest BCUT2D eigenvalue weighted by molar-refractivity contribution is 0.0685. The molecular weight excluding hydrogens is 1400 g/mol. The zero-order chi connectivity index (χ0) is 84.0. The number of para-hydroxylation sites is 1. The second kappa shape index (κ2) is 52.7. The largest absolute Gasteiger partial charge is 0.277 e. The van der Waals surface area contributed by atoms with Crippen molar-refractivity contribution >= 4 is 16.8 Å². The van der Waals surface area contributed by atoms with E-state index >= 15 is 0 Å². The van der Waals surface area contributed by atoms with Crippen molar-refractivity contribution in [3.8, 4) is 0 Å². The van der Waals surface area contributed by atoms with E-state index in [4.69, 9.17) is 0 Å². The van der Waals surface area contributed by atoms with Gasteiger partial charge in [-0.3, -0.25) is 39.7 Å². The van der Waals surface area contributed by atoms with E-state index in [1.807, 2.05) is 110 Å². The minimum atomic E-state index is 0.0477. The minimum Gasteiger partial charge on any atom is -0.277 e. The molecule has 0 bridgehead atoms. The molecule has 12 aromatic rings. The van der Waals surface area contributed by atoms with Crippen molar-refractivity contribution in [1.29, 1.82) is 0 Å². The van der Waals surface area contributed by atoms with Gasteiger partial charge in [-0.1, -0.05) is 256 Å². The van der Waals surface area contributed by atoms with Crippen LogP contribution in [0.25, 0.3) is 10.9 Å². The third-order valence-electron chi connectivity index (χ3n) is 18.5. The van der Waals surface area contributed by atoms with Gasteiger partial charge in [0, 0.05) is 128 Å². The lowest BCUT2D eigenvalue weighted by Crippen LogP contribution is -2.43. The highest BCUT2D eigenvalue weighted by molar-refractivity contribution is 5.96. The van der Waals surface area contributed by atoms with Crippen LogP contribution in [-0.2, 0) is 24.8 Å². The van der Waals surface area contributed by atoms with Crippen LogP contribution in [0.15, 0.2) is 251 Å². The molecule has 0 saturated carbocycles. The van der Waals surface area contributed by atoms with Gasteiger partial charge >= 0.3 is 0 Å². The van der Waals surface area contributed by atoms with Crippen molar-refractivity contribution in [3.63, 3.8) is 0 Å². The molecule has 0 fully saturated rings. The van der Waals surface area contributed by atoms with Crippen LogP contribution in [0.5, 0.6) is 0 Å². The number of benzene rings is 4. The average molecular weight is 1540 g/mol. The van der Waals surface area contributed by atoms with Gasteiger partial charge in [-0.05, 0) is 195 Å². The van der Waals surface area contributed by atoms with E-state index < -0.39 is 0 Å². The number of aryl methyl sites for hydroxylation is 2. The maximum Gasteiger partial charge on any atom is 0.268 e. The molecule has 0 radical (unpaired) electrons. The van der Waals surface area contributed by atoms with Gasteiger partial charge < -0.3 is 0 Å². The number of pyridine rings is 4. The third kappa shape index (κ3) is 37.4. The molecule has 2 aliphatic rings. The molecule has 15 heteroatoms. The van der Waals surface area contributed by atoms with Crippen LogP contribution in [0.1, 0.15) is 320 Å². The molecule has 8 aromatic heterocycles. The Morgan fingerprint density at radius 3 is 1.32 bits per heavy atom. The number of hydrogen-bond donors (Lipinski definition) is 1. The van der Waals surface area contributed by atoms with Crippen LogP contribution in [0.2, 0.25) is 0 Å². The van der Waals surface area contributed by atoms with E-state index in [2.05, 4.69) is 309 Å². The van der Waals surface area contributed by atoms with Crippen molar-refractivity contribution in [2.75, 3.05) is 7.05 Å². The molecule has 1 N–H and O–H groups in total. The summed E-state index contributed by atoms with van der Waals surface area (Å²) in [6.45, 7) is 50.4. The van der Waals surface area contributed by atoms with E-state index in [1.54, 1.807) is 74.2 Å². The zero-order valence-corrected chi connectivity index (χ0v) is 73.2. The minimum absolute atomic E-state index is 0.0477. The normalized spacial score (nSPS) is 11.7. The lowest BCUT2D eigenvalue weighted by atomic mass is 9.87. The molecule has 0 saturated heterocycles.